The van der Waals surface area contributed by atoms with Crippen molar-refractivity contribution in [1.29, 1.82) is 0 Å². The van der Waals surface area contributed by atoms with E-state index in [0.29, 0.717) is 0 Å². The third kappa shape index (κ3) is 2.59. The molecule has 22 heavy (non-hydrogen) atoms. The van der Waals surface area contributed by atoms with Gasteiger partial charge in [0.15, 0.2) is 5.69 Å². The molecule has 0 saturated heterocycles. The summed E-state index contributed by atoms with van der Waals surface area (Å²) in [5, 5.41) is 1.28. The van der Waals surface area contributed by atoms with Crippen molar-refractivity contribution < 1.29 is 25.9 Å². The van der Waals surface area contributed by atoms with Crippen molar-refractivity contribution in [3.8, 4) is 16.9 Å². The van der Waals surface area contributed by atoms with Crippen molar-refractivity contribution in [3.05, 3.63) is 66.7 Å². The van der Waals surface area contributed by atoms with Crippen LogP contribution in [0.25, 0.3) is 16.9 Å². The van der Waals surface area contributed by atoms with Crippen LogP contribution in [0.3, 0.4) is 0 Å². The van der Waals surface area contributed by atoms with E-state index in [1.54, 1.807) is 0 Å². The number of hydrogen-bond donors (Lipinski definition) is 0. The van der Waals surface area contributed by atoms with Gasteiger partial charge in [0.25, 0.3) is 0 Å². The van der Waals surface area contributed by atoms with E-state index in [1.807, 2.05) is 42.1 Å². The molecule has 0 unspecified atom stereocenters. The molecular weight excluding hydrogens is 363 g/mol. The third-order valence-electron chi connectivity index (χ3n) is 3.68. The average molecular weight is 377 g/mol. The minimum Gasteiger partial charge on any atom is -1.00 e. The first kappa shape index (κ1) is 15.3. The Balaban J connectivity index is 0.00000144. The molecule has 0 bridgehead atoms. The highest BCUT2D eigenvalue weighted by Crippen LogP contribution is 2.34. The number of nitrogens with zero attached hydrogens (tertiary/aromatic N) is 2. The Kier molecular flexibility index (Phi) is 4.36. The Hall–Kier alpha value is -1.59. The van der Waals surface area contributed by atoms with Gasteiger partial charge in [-0.25, -0.2) is 8.96 Å². The van der Waals surface area contributed by atoms with Crippen molar-refractivity contribution in [2.45, 2.75) is 11.6 Å². The second-order valence-corrected chi connectivity index (χ2v) is 6.11. The molecule has 2 nitrogen and oxygen atoms in total. The van der Waals surface area contributed by atoms with Gasteiger partial charge < -0.3 is 17.0 Å². The summed E-state index contributed by atoms with van der Waals surface area (Å²) in [6, 6.07) is 17.0. The largest absolute Gasteiger partial charge is 1.00 e. The molecular formula is C17H14BrFN2S. The molecule has 4 rings (SSSR count). The van der Waals surface area contributed by atoms with E-state index in [0.717, 1.165) is 18.0 Å². The number of imidazole rings is 1. The van der Waals surface area contributed by atoms with Gasteiger partial charge in [-0.05, 0) is 24.3 Å². The predicted molar refractivity (Wildman–Crippen MR) is 82.1 cm³/mol. The van der Waals surface area contributed by atoms with Crippen molar-refractivity contribution in [3.63, 3.8) is 0 Å². The Morgan fingerprint density at radius 2 is 1.73 bits per heavy atom. The number of halogens is 2. The minimum absolute atomic E-state index is 0. The van der Waals surface area contributed by atoms with E-state index < -0.39 is 0 Å². The van der Waals surface area contributed by atoms with Gasteiger partial charge in [0.1, 0.15) is 18.0 Å². The van der Waals surface area contributed by atoms with Gasteiger partial charge in [0, 0.05) is 11.3 Å². The summed E-state index contributed by atoms with van der Waals surface area (Å²) in [4.78, 5) is 0. The monoisotopic (exact) mass is 376 g/mol. The summed E-state index contributed by atoms with van der Waals surface area (Å²) >= 11 is 1.88. The molecule has 0 amide bonds. The highest BCUT2D eigenvalue weighted by molar-refractivity contribution is 7.99. The summed E-state index contributed by atoms with van der Waals surface area (Å²) in [6.45, 7) is 1.02. The molecule has 1 aliphatic heterocycles. The van der Waals surface area contributed by atoms with Gasteiger partial charge in [-0.15, -0.1) is 0 Å². The molecule has 112 valence electrons. The topological polar surface area (TPSA) is 8.81 Å². The van der Waals surface area contributed by atoms with E-state index in [-0.39, 0.29) is 22.8 Å². The molecule has 5 heteroatoms. The molecule has 2 heterocycles. The summed E-state index contributed by atoms with van der Waals surface area (Å²) in [6.07, 6.45) is 2.12. The Bertz CT molecular complexity index is 784. The van der Waals surface area contributed by atoms with Gasteiger partial charge in [-0.1, -0.05) is 42.1 Å². The zero-order chi connectivity index (χ0) is 14.2. The van der Waals surface area contributed by atoms with Gasteiger partial charge in [0.2, 0.25) is 11.4 Å². The number of rotatable bonds is 2. The van der Waals surface area contributed by atoms with Gasteiger partial charge in [-0.3, -0.25) is 0 Å². The maximum Gasteiger partial charge on any atom is 0.250 e. The van der Waals surface area contributed by atoms with E-state index in [2.05, 4.69) is 27.6 Å². The maximum atomic E-state index is 13.2. The standard InChI is InChI=1S/C17H14FN2S.BrH/c18-14-6-8-15(9-7-14)20-12-19-10-11-21-17(19)16(20)13-4-2-1-3-5-13;/h1-9,12H,10-11H2;1H/q+1;/p-1. The van der Waals surface area contributed by atoms with Crippen LogP contribution in [0.1, 0.15) is 0 Å². The first-order valence-electron chi connectivity index (χ1n) is 6.92. The fourth-order valence-corrected chi connectivity index (χ4v) is 3.83. The highest BCUT2D eigenvalue weighted by atomic mass is 79.9. The van der Waals surface area contributed by atoms with E-state index in [1.165, 1.54) is 28.4 Å². The molecule has 3 aromatic rings. The molecule has 0 fully saturated rings. The molecule has 0 radical (unpaired) electrons. The van der Waals surface area contributed by atoms with Gasteiger partial charge in [0.05, 0.1) is 0 Å². The summed E-state index contributed by atoms with van der Waals surface area (Å²) in [7, 11) is 0. The van der Waals surface area contributed by atoms with Crippen LogP contribution in [-0.4, -0.2) is 10.3 Å². The summed E-state index contributed by atoms with van der Waals surface area (Å²) < 4.78 is 17.6. The number of aryl methyl sites for hydroxylation is 1. The average Bonchev–Trinajstić information content (AvgIpc) is 3.09. The van der Waals surface area contributed by atoms with E-state index in [9.17, 15) is 4.39 Å². The first-order valence-corrected chi connectivity index (χ1v) is 7.90. The lowest BCUT2D eigenvalue weighted by atomic mass is 10.1. The zero-order valence-electron chi connectivity index (χ0n) is 11.7. The Morgan fingerprint density at radius 1 is 1.00 bits per heavy atom. The lowest BCUT2D eigenvalue weighted by Gasteiger charge is -2.03. The van der Waals surface area contributed by atoms with Crippen LogP contribution in [0.5, 0.6) is 0 Å². The second kappa shape index (κ2) is 6.26. The predicted octanol–water partition coefficient (Wildman–Crippen LogP) is 0.681. The van der Waals surface area contributed by atoms with Crippen LogP contribution >= 0.6 is 11.8 Å². The number of hydrogen-bond acceptors (Lipinski definition) is 1. The molecule has 0 saturated carbocycles. The Labute approximate surface area is 143 Å². The number of thioether (sulfide) groups is 1. The van der Waals surface area contributed by atoms with Crippen molar-refractivity contribution >= 4 is 11.8 Å². The van der Waals surface area contributed by atoms with Crippen LogP contribution in [0.2, 0.25) is 0 Å². The SMILES string of the molecule is Fc1ccc(-n2c[n+]3c(c2-c2ccccc2)SCC3)cc1.[Br-]. The highest BCUT2D eigenvalue weighted by Gasteiger charge is 2.29. The van der Waals surface area contributed by atoms with Gasteiger partial charge >= 0.3 is 0 Å². The molecule has 0 atom stereocenters. The fraction of sp³-hybridized carbons (Fsp3) is 0.118. The number of aromatic nitrogens is 2. The van der Waals surface area contributed by atoms with Crippen LogP contribution in [0, 0.1) is 5.82 Å². The van der Waals surface area contributed by atoms with Gasteiger partial charge in [-0.2, -0.15) is 4.57 Å². The lowest BCUT2D eigenvalue weighted by molar-refractivity contribution is -0.721. The number of benzene rings is 2. The quantitative estimate of drug-likeness (QED) is 0.597. The van der Waals surface area contributed by atoms with Crippen molar-refractivity contribution in [2.75, 3.05) is 5.75 Å². The smallest absolute Gasteiger partial charge is 0.250 e. The van der Waals surface area contributed by atoms with Crippen LogP contribution in [-0.2, 0) is 6.54 Å². The molecule has 0 aliphatic carbocycles. The summed E-state index contributed by atoms with van der Waals surface area (Å²) in [5.74, 6) is 0.904. The normalized spacial score (nSPS) is 12.8. The van der Waals surface area contributed by atoms with Crippen molar-refractivity contribution in [1.82, 2.24) is 4.57 Å². The molecule has 0 spiro atoms. The molecule has 0 N–H and O–H groups in total. The van der Waals surface area contributed by atoms with E-state index in [4.69, 9.17) is 0 Å². The maximum absolute atomic E-state index is 13.2. The summed E-state index contributed by atoms with van der Waals surface area (Å²) in [5.41, 5.74) is 3.35. The second-order valence-electron chi connectivity index (χ2n) is 5.02. The van der Waals surface area contributed by atoms with Crippen LogP contribution in [0.4, 0.5) is 4.39 Å². The van der Waals surface area contributed by atoms with E-state index >= 15 is 0 Å². The molecule has 1 aliphatic rings. The number of fused-ring (bicyclic) bond motifs is 1. The molecule has 2 aromatic carbocycles. The first-order chi connectivity index (χ1) is 10.3. The Morgan fingerprint density at radius 3 is 2.45 bits per heavy atom. The van der Waals surface area contributed by atoms with Crippen LogP contribution in [0.15, 0.2) is 66.0 Å². The van der Waals surface area contributed by atoms with Crippen LogP contribution < -0.4 is 21.5 Å². The van der Waals surface area contributed by atoms with Crippen molar-refractivity contribution in [2.24, 2.45) is 0 Å². The third-order valence-corrected chi connectivity index (χ3v) is 4.77. The molecule has 1 aromatic heterocycles. The zero-order valence-corrected chi connectivity index (χ0v) is 14.1. The fourth-order valence-electron chi connectivity index (χ4n) is 2.70. The minimum atomic E-state index is -0.207. The lowest BCUT2D eigenvalue weighted by Crippen LogP contribution is -3.00.